The fourth-order valence-corrected chi connectivity index (χ4v) is 4.23. The highest BCUT2D eigenvalue weighted by molar-refractivity contribution is 7.18. The molecule has 0 spiro atoms. The standard InChI is InChI=1S/C19H26ClN3O3S/c1-11(2)12(3)21-18(24)13-6-8-23(9-7-13)19(25)15-10-14(22-26-15)16-4-5-17(20)27-16/h4-5,11-13,15H,6-10H2,1-3H3,(H,21,24). The molecule has 0 aliphatic carbocycles. The first-order valence-electron chi connectivity index (χ1n) is 9.42. The summed E-state index contributed by atoms with van der Waals surface area (Å²) in [5.74, 6) is 0.425. The minimum absolute atomic E-state index is 0.0279. The third kappa shape index (κ3) is 4.82. The number of thiophene rings is 1. The van der Waals surface area contributed by atoms with Crippen molar-refractivity contribution in [2.75, 3.05) is 13.1 Å². The highest BCUT2D eigenvalue weighted by atomic mass is 35.5. The summed E-state index contributed by atoms with van der Waals surface area (Å²) in [4.78, 5) is 33.2. The van der Waals surface area contributed by atoms with E-state index in [0.29, 0.717) is 42.6 Å². The molecule has 3 heterocycles. The van der Waals surface area contributed by atoms with Crippen LogP contribution in [0.2, 0.25) is 4.34 Å². The van der Waals surface area contributed by atoms with Crippen LogP contribution in [0, 0.1) is 11.8 Å². The number of piperidine rings is 1. The van der Waals surface area contributed by atoms with E-state index in [2.05, 4.69) is 24.3 Å². The van der Waals surface area contributed by atoms with E-state index in [1.807, 2.05) is 19.1 Å². The number of nitrogens with zero attached hydrogens (tertiary/aromatic N) is 2. The number of halogens is 1. The Morgan fingerprint density at radius 3 is 2.59 bits per heavy atom. The molecule has 0 bridgehead atoms. The Balaban J connectivity index is 1.47. The SMILES string of the molecule is CC(C)C(C)NC(=O)C1CCN(C(=O)C2CC(c3ccc(Cl)s3)=NO2)CC1. The van der Waals surface area contributed by atoms with Gasteiger partial charge in [0.25, 0.3) is 5.91 Å². The Morgan fingerprint density at radius 2 is 2.00 bits per heavy atom. The van der Waals surface area contributed by atoms with Crippen molar-refractivity contribution in [1.29, 1.82) is 0 Å². The molecule has 1 saturated heterocycles. The maximum absolute atomic E-state index is 12.7. The normalized spacial score (nSPS) is 21.7. The molecule has 0 saturated carbocycles. The number of likely N-dealkylation sites (tertiary alicyclic amines) is 1. The van der Waals surface area contributed by atoms with Crippen LogP contribution in [0.5, 0.6) is 0 Å². The van der Waals surface area contributed by atoms with Gasteiger partial charge in [0.05, 0.1) is 9.21 Å². The van der Waals surface area contributed by atoms with Crippen molar-refractivity contribution in [3.8, 4) is 0 Å². The van der Waals surface area contributed by atoms with Crippen LogP contribution in [0.25, 0.3) is 0 Å². The molecule has 6 nitrogen and oxygen atoms in total. The fourth-order valence-electron chi connectivity index (χ4n) is 3.20. The highest BCUT2D eigenvalue weighted by Gasteiger charge is 2.35. The first kappa shape index (κ1) is 20.1. The lowest BCUT2D eigenvalue weighted by Gasteiger charge is -2.33. The van der Waals surface area contributed by atoms with Gasteiger partial charge in [0, 0.05) is 31.5 Å². The van der Waals surface area contributed by atoms with Crippen molar-refractivity contribution in [1.82, 2.24) is 10.2 Å². The van der Waals surface area contributed by atoms with Crippen LogP contribution in [-0.2, 0) is 14.4 Å². The van der Waals surface area contributed by atoms with Gasteiger partial charge < -0.3 is 15.1 Å². The molecule has 1 aromatic rings. The number of rotatable bonds is 5. The lowest BCUT2D eigenvalue weighted by atomic mass is 9.94. The molecule has 0 aromatic carbocycles. The lowest BCUT2D eigenvalue weighted by Crippen LogP contribution is -2.48. The molecule has 1 fully saturated rings. The first-order chi connectivity index (χ1) is 12.8. The first-order valence-corrected chi connectivity index (χ1v) is 10.6. The average Bonchev–Trinajstić information content (AvgIpc) is 3.30. The molecule has 8 heteroatoms. The molecule has 2 unspecified atom stereocenters. The Morgan fingerprint density at radius 1 is 1.30 bits per heavy atom. The molecule has 27 heavy (non-hydrogen) atoms. The molecule has 148 valence electrons. The molecule has 1 N–H and O–H groups in total. The average molecular weight is 412 g/mol. The summed E-state index contributed by atoms with van der Waals surface area (Å²) in [6, 6.07) is 3.87. The van der Waals surface area contributed by atoms with Crippen molar-refractivity contribution in [3.05, 3.63) is 21.3 Å². The van der Waals surface area contributed by atoms with Crippen molar-refractivity contribution >= 4 is 40.5 Å². The second kappa shape index (κ2) is 8.61. The predicted molar refractivity (Wildman–Crippen MR) is 107 cm³/mol. The van der Waals surface area contributed by atoms with Crippen LogP contribution in [0.1, 0.15) is 44.9 Å². The van der Waals surface area contributed by atoms with Gasteiger partial charge in [-0.25, -0.2) is 0 Å². The maximum atomic E-state index is 12.7. The Labute approximate surface area is 168 Å². The van der Waals surface area contributed by atoms with Gasteiger partial charge in [0.2, 0.25) is 12.0 Å². The number of amides is 2. The lowest BCUT2D eigenvalue weighted by molar-refractivity contribution is -0.145. The minimum atomic E-state index is -0.577. The van der Waals surface area contributed by atoms with Crippen LogP contribution in [0.3, 0.4) is 0 Å². The monoisotopic (exact) mass is 411 g/mol. The van der Waals surface area contributed by atoms with Crippen molar-refractivity contribution < 1.29 is 14.4 Å². The zero-order valence-corrected chi connectivity index (χ0v) is 17.5. The van der Waals surface area contributed by atoms with E-state index in [9.17, 15) is 9.59 Å². The molecule has 1 aromatic heterocycles. The Bertz CT molecular complexity index is 726. The van der Waals surface area contributed by atoms with E-state index in [-0.39, 0.29) is 23.8 Å². The molecule has 0 radical (unpaired) electrons. The van der Waals surface area contributed by atoms with Crippen molar-refractivity contribution in [2.24, 2.45) is 17.0 Å². The summed E-state index contributed by atoms with van der Waals surface area (Å²) in [7, 11) is 0. The number of oxime groups is 1. The van der Waals surface area contributed by atoms with Crippen LogP contribution in [0.15, 0.2) is 17.3 Å². The maximum Gasteiger partial charge on any atom is 0.266 e. The van der Waals surface area contributed by atoms with Crippen LogP contribution >= 0.6 is 22.9 Å². The van der Waals surface area contributed by atoms with E-state index in [1.165, 1.54) is 11.3 Å². The summed E-state index contributed by atoms with van der Waals surface area (Å²) < 4.78 is 0.689. The fraction of sp³-hybridized carbons (Fsp3) is 0.632. The van der Waals surface area contributed by atoms with E-state index in [4.69, 9.17) is 16.4 Å². The van der Waals surface area contributed by atoms with Gasteiger partial charge in [0.1, 0.15) is 5.71 Å². The topological polar surface area (TPSA) is 71.0 Å². The third-order valence-corrected chi connectivity index (χ3v) is 6.63. The van der Waals surface area contributed by atoms with E-state index in [0.717, 1.165) is 10.6 Å². The minimum Gasteiger partial charge on any atom is -0.382 e. The van der Waals surface area contributed by atoms with Gasteiger partial charge in [-0.1, -0.05) is 30.6 Å². The number of hydrogen-bond acceptors (Lipinski definition) is 5. The molecule has 2 amide bonds. The van der Waals surface area contributed by atoms with E-state index < -0.39 is 6.10 Å². The third-order valence-electron chi connectivity index (χ3n) is 5.35. The van der Waals surface area contributed by atoms with Gasteiger partial charge in [-0.05, 0) is 37.8 Å². The molecule has 3 rings (SSSR count). The molecular weight excluding hydrogens is 386 g/mol. The summed E-state index contributed by atoms with van der Waals surface area (Å²) in [6.45, 7) is 7.36. The Hall–Kier alpha value is -1.60. The zero-order valence-electron chi connectivity index (χ0n) is 15.9. The zero-order chi connectivity index (χ0) is 19.6. The van der Waals surface area contributed by atoms with Crippen LogP contribution < -0.4 is 5.32 Å². The van der Waals surface area contributed by atoms with Gasteiger partial charge in [-0.3, -0.25) is 9.59 Å². The summed E-state index contributed by atoms with van der Waals surface area (Å²) in [5.41, 5.74) is 0.766. The number of nitrogens with one attached hydrogen (secondary N) is 1. The molecule has 2 atom stereocenters. The van der Waals surface area contributed by atoms with Gasteiger partial charge in [-0.2, -0.15) is 0 Å². The quantitative estimate of drug-likeness (QED) is 0.808. The second-order valence-corrected chi connectivity index (χ2v) is 9.30. The van der Waals surface area contributed by atoms with Crippen LogP contribution in [-0.4, -0.2) is 47.7 Å². The van der Waals surface area contributed by atoms with E-state index in [1.54, 1.807) is 4.90 Å². The molecule has 2 aliphatic rings. The van der Waals surface area contributed by atoms with Gasteiger partial charge in [-0.15, -0.1) is 11.3 Å². The van der Waals surface area contributed by atoms with E-state index >= 15 is 0 Å². The van der Waals surface area contributed by atoms with Gasteiger partial charge >= 0.3 is 0 Å². The molecular formula is C19H26ClN3O3S. The number of carbonyl (C=O) groups excluding carboxylic acids is 2. The number of hydrogen-bond donors (Lipinski definition) is 1. The second-order valence-electron chi connectivity index (χ2n) is 7.58. The van der Waals surface area contributed by atoms with Gasteiger partial charge in [0.15, 0.2) is 0 Å². The van der Waals surface area contributed by atoms with Crippen LogP contribution in [0.4, 0.5) is 0 Å². The summed E-state index contributed by atoms with van der Waals surface area (Å²) >= 11 is 7.39. The highest BCUT2D eigenvalue weighted by Crippen LogP contribution is 2.27. The smallest absolute Gasteiger partial charge is 0.266 e. The predicted octanol–water partition coefficient (Wildman–Crippen LogP) is 3.29. The summed E-state index contributed by atoms with van der Waals surface area (Å²) in [5, 5.41) is 7.14. The Kier molecular flexibility index (Phi) is 6.42. The summed E-state index contributed by atoms with van der Waals surface area (Å²) in [6.07, 6.45) is 1.25. The van der Waals surface area contributed by atoms with Crippen molar-refractivity contribution in [2.45, 2.75) is 52.2 Å². The largest absolute Gasteiger partial charge is 0.382 e. The molecule has 2 aliphatic heterocycles. The number of carbonyl (C=O) groups is 2. The van der Waals surface area contributed by atoms with Crippen molar-refractivity contribution in [3.63, 3.8) is 0 Å².